The second-order valence-corrected chi connectivity index (χ2v) is 5.54. The molecule has 100 valence electrons. The van der Waals surface area contributed by atoms with Gasteiger partial charge < -0.3 is 10.8 Å². The molecule has 3 nitrogen and oxygen atoms in total. The molecule has 0 fully saturated rings. The maximum absolute atomic E-state index is 10.5. The second kappa shape index (κ2) is 8.16. The first-order chi connectivity index (χ1) is 8.59. The quantitative estimate of drug-likeness (QED) is 0.562. The molecule has 1 rings (SSSR count). The number of rotatable bonds is 8. The van der Waals surface area contributed by atoms with Gasteiger partial charge >= 0.3 is 0 Å². The molecule has 1 unspecified atom stereocenters. The summed E-state index contributed by atoms with van der Waals surface area (Å²) in [7, 11) is 0. The zero-order valence-corrected chi connectivity index (χ0v) is 11.6. The van der Waals surface area contributed by atoms with Crippen molar-refractivity contribution in [2.24, 2.45) is 5.73 Å². The van der Waals surface area contributed by atoms with Gasteiger partial charge in [-0.15, -0.1) is 11.8 Å². The Morgan fingerprint density at radius 3 is 2.50 bits per heavy atom. The number of unbranched alkanes of at least 4 members (excludes halogenated alkanes) is 2. The minimum Gasteiger partial charge on any atom is -0.389 e. The predicted molar refractivity (Wildman–Crippen MR) is 75.5 cm³/mol. The summed E-state index contributed by atoms with van der Waals surface area (Å²) in [4.78, 5) is 11.8. The Labute approximate surface area is 113 Å². The highest BCUT2D eigenvalue weighted by atomic mass is 32.2. The first-order valence-corrected chi connectivity index (χ1v) is 7.27. The molecule has 1 atom stereocenters. The van der Waals surface area contributed by atoms with E-state index in [4.69, 9.17) is 5.73 Å². The van der Waals surface area contributed by atoms with Gasteiger partial charge in [0.05, 0.1) is 6.10 Å². The normalized spacial score (nSPS) is 12.3. The van der Waals surface area contributed by atoms with E-state index in [0.29, 0.717) is 6.42 Å². The highest BCUT2D eigenvalue weighted by Crippen LogP contribution is 2.22. The van der Waals surface area contributed by atoms with Gasteiger partial charge in [-0.1, -0.05) is 18.6 Å². The number of aliphatic hydroxyl groups excluding tert-OH is 1. The average molecular weight is 267 g/mol. The number of hydrogen-bond donors (Lipinski definition) is 2. The van der Waals surface area contributed by atoms with Crippen LogP contribution in [-0.4, -0.2) is 16.8 Å². The summed E-state index contributed by atoms with van der Waals surface area (Å²) in [6.07, 6.45) is 3.11. The number of carbonyl (C=O) groups is 1. The van der Waals surface area contributed by atoms with Crippen molar-refractivity contribution in [2.75, 3.05) is 5.75 Å². The van der Waals surface area contributed by atoms with E-state index in [1.165, 1.54) is 4.90 Å². The van der Waals surface area contributed by atoms with Crippen LogP contribution in [0.5, 0.6) is 0 Å². The maximum Gasteiger partial charge on any atom is 0.217 e. The Bertz CT molecular complexity index is 363. The molecule has 0 aliphatic heterocycles. The van der Waals surface area contributed by atoms with Gasteiger partial charge in [-0.2, -0.15) is 0 Å². The van der Waals surface area contributed by atoms with E-state index < -0.39 is 6.10 Å². The predicted octanol–water partition coefficient (Wildman–Crippen LogP) is 2.88. The van der Waals surface area contributed by atoms with Crippen LogP contribution in [0.2, 0.25) is 0 Å². The molecule has 0 aliphatic rings. The molecule has 18 heavy (non-hydrogen) atoms. The Balaban J connectivity index is 2.17. The lowest BCUT2D eigenvalue weighted by Gasteiger charge is -2.06. The highest BCUT2D eigenvalue weighted by molar-refractivity contribution is 7.99. The largest absolute Gasteiger partial charge is 0.389 e. The van der Waals surface area contributed by atoms with Crippen LogP contribution in [0.15, 0.2) is 29.2 Å². The monoisotopic (exact) mass is 267 g/mol. The van der Waals surface area contributed by atoms with Crippen LogP contribution < -0.4 is 5.73 Å². The van der Waals surface area contributed by atoms with Crippen LogP contribution >= 0.6 is 11.8 Å². The van der Waals surface area contributed by atoms with Gasteiger partial charge in [0, 0.05) is 11.3 Å². The van der Waals surface area contributed by atoms with Gasteiger partial charge in [0.1, 0.15) is 0 Å². The van der Waals surface area contributed by atoms with Gasteiger partial charge in [-0.3, -0.25) is 4.79 Å². The zero-order chi connectivity index (χ0) is 13.4. The van der Waals surface area contributed by atoms with Crippen LogP contribution in [0.4, 0.5) is 0 Å². The van der Waals surface area contributed by atoms with Crippen LogP contribution in [-0.2, 0) is 4.79 Å². The van der Waals surface area contributed by atoms with Crippen LogP contribution in [0.3, 0.4) is 0 Å². The molecule has 0 radical (unpaired) electrons. The lowest BCUT2D eigenvalue weighted by atomic mass is 10.1. The fourth-order valence-electron chi connectivity index (χ4n) is 1.61. The van der Waals surface area contributed by atoms with E-state index in [1.54, 1.807) is 18.7 Å². The number of amides is 1. The van der Waals surface area contributed by atoms with Crippen molar-refractivity contribution >= 4 is 17.7 Å². The summed E-state index contributed by atoms with van der Waals surface area (Å²) in [5.74, 6) is 0.837. The lowest BCUT2D eigenvalue weighted by Crippen LogP contribution is -2.09. The molecule has 0 spiro atoms. The van der Waals surface area contributed by atoms with Crippen molar-refractivity contribution in [3.63, 3.8) is 0 Å². The fraction of sp³-hybridized carbons (Fsp3) is 0.500. The Morgan fingerprint density at radius 2 is 1.94 bits per heavy atom. The highest BCUT2D eigenvalue weighted by Gasteiger charge is 2.00. The summed E-state index contributed by atoms with van der Waals surface area (Å²) in [5.41, 5.74) is 6.02. The molecular formula is C14H21NO2S. The van der Waals surface area contributed by atoms with Gasteiger partial charge in [-0.05, 0) is 43.2 Å². The van der Waals surface area contributed by atoms with Crippen molar-refractivity contribution < 1.29 is 9.90 Å². The van der Waals surface area contributed by atoms with Gasteiger partial charge in [-0.25, -0.2) is 0 Å². The molecule has 0 aromatic heterocycles. The van der Waals surface area contributed by atoms with Crippen molar-refractivity contribution in [1.82, 2.24) is 0 Å². The topological polar surface area (TPSA) is 63.3 Å². The molecule has 0 bridgehead atoms. The number of hydrogen-bond acceptors (Lipinski definition) is 3. The second-order valence-electron chi connectivity index (χ2n) is 4.37. The number of aliphatic hydroxyl groups is 1. The third-order valence-corrected chi connectivity index (χ3v) is 3.80. The fourth-order valence-corrected chi connectivity index (χ4v) is 2.52. The number of primary amides is 1. The molecule has 1 aromatic carbocycles. The Kier molecular flexibility index (Phi) is 6.83. The van der Waals surface area contributed by atoms with E-state index in [-0.39, 0.29) is 5.91 Å². The summed E-state index contributed by atoms with van der Waals surface area (Å²) in [5, 5.41) is 9.39. The van der Waals surface area contributed by atoms with E-state index in [1.807, 2.05) is 24.3 Å². The molecule has 0 aliphatic carbocycles. The van der Waals surface area contributed by atoms with Gasteiger partial charge in [0.2, 0.25) is 5.91 Å². The van der Waals surface area contributed by atoms with Gasteiger partial charge in [0.25, 0.3) is 0 Å². The van der Waals surface area contributed by atoms with Gasteiger partial charge in [0.15, 0.2) is 0 Å². The number of thioether (sulfide) groups is 1. The molecular weight excluding hydrogens is 246 g/mol. The molecule has 4 heteroatoms. The number of nitrogens with two attached hydrogens (primary N) is 1. The molecule has 0 saturated carbocycles. The SMILES string of the molecule is CC(O)c1ccc(SCCCCCC(N)=O)cc1. The molecule has 3 N–H and O–H groups in total. The number of carbonyl (C=O) groups excluding carboxylic acids is 1. The van der Waals surface area contributed by atoms with E-state index >= 15 is 0 Å². The van der Waals surface area contributed by atoms with Crippen LogP contribution in [0, 0.1) is 0 Å². The minimum atomic E-state index is -0.405. The average Bonchev–Trinajstić information content (AvgIpc) is 2.34. The third-order valence-electron chi connectivity index (χ3n) is 2.70. The summed E-state index contributed by atoms with van der Waals surface area (Å²) in [6, 6.07) is 7.99. The third kappa shape index (κ3) is 6.07. The van der Waals surface area contributed by atoms with Crippen LogP contribution in [0.1, 0.15) is 44.3 Å². The van der Waals surface area contributed by atoms with E-state index in [0.717, 1.165) is 30.6 Å². The minimum absolute atomic E-state index is 0.212. The first-order valence-electron chi connectivity index (χ1n) is 6.28. The summed E-state index contributed by atoms with van der Waals surface area (Å²) >= 11 is 1.80. The number of benzene rings is 1. The summed E-state index contributed by atoms with van der Waals surface area (Å²) in [6.45, 7) is 1.76. The first kappa shape index (κ1) is 15.1. The Hall–Kier alpha value is -1.00. The van der Waals surface area contributed by atoms with E-state index in [9.17, 15) is 9.90 Å². The van der Waals surface area contributed by atoms with E-state index in [2.05, 4.69) is 0 Å². The summed E-state index contributed by atoms with van der Waals surface area (Å²) < 4.78 is 0. The van der Waals surface area contributed by atoms with Crippen molar-refractivity contribution in [3.8, 4) is 0 Å². The standard InChI is InChI=1S/C14H21NO2S/c1-11(16)12-6-8-13(9-7-12)18-10-4-2-3-5-14(15)17/h6-9,11,16H,2-5,10H2,1H3,(H2,15,17). The molecule has 0 saturated heterocycles. The zero-order valence-electron chi connectivity index (χ0n) is 10.8. The molecule has 1 amide bonds. The molecule has 0 heterocycles. The van der Waals surface area contributed by atoms with Crippen molar-refractivity contribution in [2.45, 2.75) is 43.6 Å². The smallest absolute Gasteiger partial charge is 0.217 e. The lowest BCUT2D eigenvalue weighted by molar-refractivity contribution is -0.118. The molecule has 1 aromatic rings. The van der Waals surface area contributed by atoms with Crippen molar-refractivity contribution in [1.29, 1.82) is 0 Å². The Morgan fingerprint density at radius 1 is 1.28 bits per heavy atom. The van der Waals surface area contributed by atoms with Crippen molar-refractivity contribution in [3.05, 3.63) is 29.8 Å². The van der Waals surface area contributed by atoms with Crippen LogP contribution in [0.25, 0.3) is 0 Å². The maximum atomic E-state index is 10.5.